The lowest BCUT2D eigenvalue weighted by Crippen LogP contribution is -2.47. The van der Waals surface area contributed by atoms with Crippen LogP contribution < -0.4 is 20.9 Å². The SMILES string of the molecule is CNc1c(Cl)ncnc1N1CCN(c2ncccc2C(N)=O)CC1. The van der Waals surface area contributed by atoms with Gasteiger partial charge in [0, 0.05) is 39.4 Å². The summed E-state index contributed by atoms with van der Waals surface area (Å²) in [5.41, 5.74) is 6.59. The topological polar surface area (TPSA) is 100 Å². The Kier molecular flexibility index (Phi) is 4.66. The summed E-state index contributed by atoms with van der Waals surface area (Å²) in [6.07, 6.45) is 3.12. The molecule has 0 saturated carbocycles. The van der Waals surface area contributed by atoms with Crippen LogP contribution in [0.4, 0.5) is 17.3 Å². The number of hydrogen-bond acceptors (Lipinski definition) is 7. The van der Waals surface area contributed by atoms with Crippen molar-refractivity contribution in [3.8, 4) is 0 Å². The fourth-order valence-corrected chi connectivity index (χ4v) is 3.00. The molecule has 0 aliphatic carbocycles. The van der Waals surface area contributed by atoms with E-state index >= 15 is 0 Å². The number of nitrogens with zero attached hydrogens (tertiary/aromatic N) is 5. The van der Waals surface area contributed by atoms with Crippen molar-refractivity contribution in [2.24, 2.45) is 5.73 Å². The van der Waals surface area contributed by atoms with E-state index in [0.717, 1.165) is 18.9 Å². The number of rotatable bonds is 4. The summed E-state index contributed by atoms with van der Waals surface area (Å²) in [5, 5.41) is 3.44. The van der Waals surface area contributed by atoms with Crippen molar-refractivity contribution >= 4 is 34.8 Å². The van der Waals surface area contributed by atoms with Crippen LogP contribution in [0.5, 0.6) is 0 Å². The van der Waals surface area contributed by atoms with E-state index in [0.29, 0.717) is 35.3 Å². The number of hydrogen-bond donors (Lipinski definition) is 2. The Morgan fingerprint density at radius 2 is 1.83 bits per heavy atom. The van der Waals surface area contributed by atoms with Gasteiger partial charge in [0.1, 0.15) is 17.8 Å². The second-order valence-electron chi connectivity index (χ2n) is 5.33. The monoisotopic (exact) mass is 347 g/mol. The number of carbonyl (C=O) groups excluding carboxylic acids is 1. The maximum atomic E-state index is 11.6. The van der Waals surface area contributed by atoms with Gasteiger partial charge in [0.15, 0.2) is 11.0 Å². The van der Waals surface area contributed by atoms with Crippen molar-refractivity contribution in [3.05, 3.63) is 35.4 Å². The highest BCUT2D eigenvalue weighted by molar-refractivity contribution is 6.32. The van der Waals surface area contributed by atoms with Crippen molar-refractivity contribution in [1.82, 2.24) is 15.0 Å². The van der Waals surface area contributed by atoms with Gasteiger partial charge in [0.25, 0.3) is 5.91 Å². The fraction of sp³-hybridized carbons (Fsp3) is 0.333. The molecule has 1 fully saturated rings. The molecule has 9 heteroatoms. The first-order valence-electron chi connectivity index (χ1n) is 7.54. The number of amides is 1. The first-order valence-corrected chi connectivity index (χ1v) is 7.92. The summed E-state index contributed by atoms with van der Waals surface area (Å²) >= 11 is 6.12. The van der Waals surface area contributed by atoms with E-state index in [4.69, 9.17) is 17.3 Å². The maximum Gasteiger partial charge on any atom is 0.252 e. The van der Waals surface area contributed by atoms with Gasteiger partial charge in [-0.1, -0.05) is 11.6 Å². The lowest BCUT2D eigenvalue weighted by molar-refractivity contribution is 0.100. The van der Waals surface area contributed by atoms with Gasteiger partial charge in [-0.3, -0.25) is 4.79 Å². The van der Waals surface area contributed by atoms with Gasteiger partial charge < -0.3 is 20.9 Å². The second kappa shape index (κ2) is 6.88. The van der Waals surface area contributed by atoms with Crippen LogP contribution >= 0.6 is 11.6 Å². The molecule has 2 aromatic rings. The Labute approximate surface area is 144 Å². The first-order chi connectivity index (χ1) is 11.6. The maximum absolute atomic E-state index is 11.6. The lowest BCUT2D eigenvalue weighted by Gasteiger charge is -2.37. The molecular formula is C15H18ClN7O. The highest BCUT2D eigenvalue weighted by Crippen LogP contribution is 2.30. The molecule has 1 amide bonds. The Balaban J connectivity index is 1.78. The number of anilines is 3. The van der Waals surface area contributed by atoms with Crippen LogP contribution in [0.25, 0.3) is 0 Å². The zero-order valence-electron chi connectivity index (χ0n) is 13.2. The highest BCUT2D eigenvalue weighted by atomic mass is 35.5. The number of nitrogens with two attached hydrogens (primary N) is 1. The normalized spacial score (nSPS) is 14.6. The quantitative estimate of drug-likeness (QED) is 0.795. The Hall–Kier alpha value is -2.61. The molecule has 126 valence electrons. The van der Waals surface area contributed by atoms with Crippen molar-refractivity contribution in [2.45, 2.75) is 0 Å². The molecule has 0 aromatic carbocycles. The zero-order chi connectivity index (χ0) is 17.1. The third-order valence-electron chi connectivity index (χ3n) is 3.96. The van der Waals surface area contributed by atoms with Crippen LogP contribution in [0.15, 0.2) is 24.7 Å². The summed E-state index contributed by atoms with van der Waals surface area (Å²) in [7, 11) is 1.79. The summed E-state index contributed by atoms with van der Waals surface area (Å²) < 4.78 is 0. The van der Waals surface area contributed by atoms with Crippen molar-refractivity contribution in [1.29, 1.82) is 0 Å². The molecule has 0 radical (unpaired) electrons. The average Bonchev–Trinajstić information content (AvgIpc) is 2.61. The Morgan fingerprint density at radius 1 is 1.17 bits per heavy atom. The third kappa shape index (κ3) is 3.05. The van der Waals surface area contributed by atoms with Crippen molar-refractivity contribution in [3.63, 3.8) is 0 Å². The molecule has 8 nitrogen and oxygen atoms in total. The van der Waals surface area contributed by atoms with Gasteiger partial charge in [-0.25, -0.2) is 15.0 Å². The minimum absolute atomic E-state index is 0.394. The minimum Gasteiger partial charge on any atom is -0.383 e. The molecule has 1 aliphatic heterocycles. The van der Waals surface area contributed by atoms with E-state index in [1.807, 2.05) is 0 Å². The summed E-state index contributed by atoms with van der Waals surface area (Å²) in [5.74, 6) is 0.924. The number of carbonyl (C=O) groups is 1. The van der Waals surface area contributed by atoms with E-state index in [2.05, 4.69) is 30.1 Å². The van der Waals surface area contributed by atoms with Crippen LogP contribution in [-0.4, -0.2) is 54.1 Å². The zero-order valence-corrected chi connectivity index (χ0v) is 14.0. The lowest BCUT2D eigenvalue weighted by atomic mass is 10.2. The molecule has 2 aromatic heterocycles. The molecule has 0 unspecified atom stereocenters. The standard InChI is InChI=1S/C15H18ClN7O/c1-18-11-12(16)20-9-21-15(11)23-7-5-22(6-8-23)14-10(13(17)24)3-2-4-19-14/h2-4,9,18H,5-8H2,1H3,(H2,17,24). The van der Waals surface area contributed by atoms with E-state index < -0.39 is 5.91 Å². The third-order valence-corrected chi connectivity index (χ3v) is 4.25. The fourth-order valence-electron chi connectivity index (χ4n) is 2.78. The number of aromatic nitrogens is 3. The molecular weight excluding hydrogens is 330 g/mol. The number of halogens is 1. The number of primary amides is 1. The first kappa shape index (κ1) is 16.3. The van der Waals surface area contributed by atoms with Gasteiger partial charge in [-0.15, -0.1) is 0 Å². The van der Waals surface area contributed by atoms with E-state index in [-0.39, 0.29) is 0 Å². The minimum atomic E-state index is -0.472. The van der Waals surface area contributed by atoms with Gasteiger partial charge in [-0.2, -0.15) is 0 Å². The van der Waals surface area contributed by atoms with E-state index in [9.17, 15) is 4.79 Å². The molecule has 3 heterocycles. The number of pyridine rings is 1. The van der Waals surface area contributed by atoms with E-state index in [1.165, 1.54) is 6.33 Å². The molecule has 24 heavy (non-hydrogen) atoms. The molecule has 0 bridgehead atoms. The molecule has 0 spiro atoms. The summed E-state index contributed by atoms with van der Waals surface area (Å²) in [6.45, 7) is 2.83. The molecule has 1 aliphatic rings. The molecule has 3 rings (SSSR count). The predicted octanol–water partition coefficient (Wildman–Crippen LogP) is 0.992. The Bertz CT molecular complexity index is 746. The van der Waals surface area contributed by atoms with Gasteiger partial charge in [-0.05, 0) is 12.1 Å². The summed E-state index contributed by atoms with van der Waals surface area (Å²) in [4.78, 5) is 28.4. The number of nitrogens with one attached hydrogen (secondary N) is 1. The van der Waals surface area contributed by atoms with Gasteiger partial charge in [0.2, 0.25) is 0 Å². The molecule has 3 N–H and O–H groups in total. The second-order valence-corrected chi connectivity index (χ2v) is 5.68. The predicted molar refractivity (Wildman–Crippen MR) is 93.8 cm³/mol. The van der Waals surface area contributed by atoms with Crippen molar-refractivity contribution < 1.29 is 4.79 Å². The van der Waals surface area contributed by atoms with Crippen LogP contribution in [0.1, 0.15) is 10.4 Å². The van der Waals surface area contributed by atoms with Crippen LogP contribution in [0, 0.1) is 0 Å². The largest absolute Gasteiger partial charge is 0.383 e. The smallest absolute Gasteiger partial charge is 0.252 e. The Morgan fingerprint density at radius 3 is 2.46 bits per heavy atom. The highest BCUT2D eigenvalue weighted by Gasteiger charge is 2.24. The molecule has 1 saturated heterocycles. The van der Waals surface area contributed by atoms with Crippen LogP contribution in [-0.2, 0) is 0 Å². The number of piperazine rings is 1. The van der Waals surface area contributed by atoms with Crippen LogP contribution in [0.3, 0.4) is 0 Å². The van der Waals surface area contributed by atoms with Gasteiger partial charge >= 0.3 is 0 Å². The average molecular weight is 348 g/mol. The van der Waals surface area contributed by atoms with Gasteiger partial charge in [0.05, 0.1) is 5.56 Å². The molecule has 0 atom stereocenters. The van der Waals surface area contributed by atoms with Crippen LogP contribution in [0.2, 0.25) is 5.15 Å². The van der Waals surface area contributed by atoms with E-state index in [1.54, 1.807) is 25.4 Å². The summed E-state index contributed by atoms with van der Waals surface area (Å²) in [6, 6.07) is 3.41. The van der Waals surface area contributed by atoms with Crippen molar-refractivity contribution in [2.75, 3.05) is 48.3 Å².